The Morgan fingerprint density at radius 3 is 2.95 bits per heavy atom. The van der Waals surface area contributed by atoms with E-state index in [2.05, 4.69) is 5.32 Å². The molecule has 0 radical (unpaired) electrons. The topological polar surface area (TPSA) is 78.8 Å². The Morgan fingerprint density at radius 1 is 1.62 bits per heavy atom. The van der Waals surface area contributed by atoms with E-state index in [0.717, 1.165) is 19.3 Å². The Bertz CT molecular complexity index is 471. The molecule has 3 aliphatic rings. The molecule has 6 heteroatoms. The Balaban J connectivity index is 1.92. The summed E-state index contributed by atoms with van der Waals surface area (Å²) >= 11 is 5.78. The van der Waals surface area contributed by atoms with Crippen LogP contribution in [0.2, 0.25) is 0 Å². The summed E-state index contributed by atoms with van der Waals surface area (Å²) in [6.07, 6.45) is 5.29. The van der Waals surface area contributed by atoms with E-state index in [9.17, 15) is 15.0 Å². The quantitative estimate of drug-likeness (QED) is 0.532. The molecular weight excluding hydrogens is 294 g/mol. The molecule has 0 spiro atoms. The summed E-state index contributed by atoms with van der Waals surface area (Å²) in [6, 6.07) is 0. The molecule has 6 atom stereocenters. The summed E-state index contributed by atoms with van der Waals surface area (Å²) in [5, 5.41) is 23.9. The van der Waals surface area contributed by atoms with E-state index in [-0.39, 0.29) is 11.8 Å². The van der Waals surface area contributed by atoms with Gasteiger partial charge in [0.1, 0.15) is 11.1 Å². The van der Waals surface area contributed by atoms with Gasteiger partial charge in [-0.05, 0) is 32.6 Å². The van der Waals surface area contributed by atoms with Gasteiger partial charge in [0.15, 0.2) is 6.29 Å². The molecule has 0 aromatic rings. The average molecular weight is 316 g/mol. The maximum absolute atomic E-state index is 12.3. The van der Waals surface area contributed by atoms with Crippen LogP contribution in [0.1, 0.15) is 32.6 Å². The monoisotopic (exact) mass is 315 g/mol. The molecule has 2 heterocycles. The zero-order valence-corrected chi connectivity index (χ0v) is 12.8. The zero-order valence-electron chi connectivity index (χ0n) is 12.1. The number of fused-ring (bicyclic) bond motifs is 1. The predicted octanol–water partition coefficient (Wildman–Crippen LogP) is 0.925. The molecule has 0 saturated carbocycles. The van der Waals surface area contributed by atoms with E-state index in [1.807, 2.05) is 12.2 Å². The number of amides is 1. The van der Waals surface area contributed by atoms with Gasteiger partial charge in [0.25, 0.3) is 0 Å². The predicted molar refractivity (Wildman–Crippen MR) is 77.7 cm³/mol. The van der Waals surface area contributed by atoms with Crippen LogP contribution < -0.4 is 5.32 Å². The first kappa shape index (κ1) is 15.3. The van der Waals surface area contributed by atoms with Gasteiger partial charge in [0.05, 0.1) is 12.0 Å². The molecule has 0 bridgehead atoms. The molecule has 1 unspecified atom stereocenters. The number of ether oxygens (including phenoxy) is 1. The third-order valence-corrected chi connectivity index (χ3v) is 5.66. The van der Waals surface area contributed by atoms with E-state index in [1.165, 1.54) is 0 Å². The van der Waals surface area contributed by atoms with Gasteiger partial charge in [-0.2, -0.15) is 0 Å². The maximum atomic E-state index is 12.3. The number of carbonyl (C=O) groups excluding carboxylic acids is 1. The van der Waals surface area contributed by atoms with Crippen molar-refractivity contribution in [3.63, 3.8) is 0 Å². The average Bonchev–Trinajstić information content (AvgIpc) is 2.65. The van der Waals surface area contributed by atoms with Crippen molar-refractivity contribution in [1.82, 2.24) is 5.32 Å². The first-order valence-electron chi connectivity index (χ1n) is 7.56. The molecule has 0 aromatic carbocycles. The Hall–Kier alpha value is -0.620. The van der Waals surface area contributed by atoms with Crippen LogP contribution in [0.5, 0.6) is 0 Å². The van der Waals surface area contributed by atoms with Crippen molar-refractivity contribution in [2.24, 2.45) is 11.8 Å². The van der Waals surface area contributed by atoms with E-state index in [0.29, 0.717) is 12.3 Å². The first-order valence-corrected chi connectivity index (χ1v) is 8.09. The summed E-state index contributed by atoms with van der Waals surface area (Å²) in [4.78, 5) is 12.3. The molecule has 0 aromatic heterocycles. The maximum Gasteiger partial charge on any atom is 0.226 e. The van der Waals surface area contributed by atoms with E-state index < -0.39 is 29.5 Å². The van der Waals surface area contributed by atoms with Crippen LogP contribution in [0.25, 0.3) is 0 Å². The molecule has 21 heavy (non-hydrogen) atoms. The van der Waals surface area contributed by atoms with Crippen LogP contribution >= 0.6 is 11.6 Å². The van der Waals surface area contributed by atoms with Crippen LogP contribution in [-0.2, 0) is 9.53 Å². The van der Waals surface area contributed by atoms with Gasteiger partial charge in [0.2, 0.25) is 5.91 Å². The fourth-order valence-corrected chi connectivity index (χ4v) is 4.39. The van der Waals surface area contributed by atoms with Gasteiger partial charge in [-0.3, -0.25) is 4.79 Å². The van der Waals surface area contributed by atoms with Crippen LogP contribution in [0.4, 0.5) is 0 Å². The molecule has 2 saturated heterocycles. The number of hydrogen-bond acceptors (Lipinski definition) is 4. The number of nitrogens with one attached hydrogen (secondary N) is 1. The van der Waals surface area contributed by atoms with E-state index in [1.54, 1.807) is 6.92 Å². The largest absolute Gasteiger partial charge is 0.390 e. The molecule has 5 nitrogen and oxygen atoms in total. The normalized spacial score (nSPS) is 46.7. The van der Waals surface area contributed by atoms with Gasteiger partial charge in [-0.25, -0.2) is 0 Å². The number of carbonyl (C=O) groups is 1. The van der Waals surface area contributed by atoms with E-state index >= 15 is 0 Å². The molecule has 2 aliphatic heterocycles. The minimum atomic E-state index is -1.18. The lowest BCUT2D eigenvalue weighted by molar-refractivity contribution is -0.370. The molecule has 1 amide bonds. The van der Waals surface area contributed by atoms with Gasteiger partial charge in [0, 0.05) is 11.8 Å². The second-order valence-corrected chi connectivity index (χ2v) is 6.81. The Morgan fingerprint density at radius 2 is 2.38 bits per heavy atom. The summed E-state index contributed by atoms with van der Waals surface area (Å²) in [5.74, 6) is -0.385. The molecular formula is C15H22ClNO4. The standard InChI is InChI=1S/C15H22ClNO4/c1-14-10(7-8-16)12(19)17-15(14,13(20)21-14)11(18)9-5-3-2-4-6-9/h3,5,9-11,13,18,20H,2,4,6-8H2,1H3,(H,17,19)/t9-,10+,11-,13?,14+,15+/m1/s1. The molecule has 2 fully saturated rings. The molecule has 3 N–H and O–H groups in total. The summed E-state index contributed by atoms with van der Waals surface area (Å²) < 4.78 is 5.53. The Labute approximate surface area is 129 Å². The van der Waals surface area contributed by atoms with Crippen molar-refractivity contribution in [3.8, 4) is 0 Å². The number of alkyl halides is 1. The van der Waals surface area contributed by atoms with Gasteiger partial charge in [-0.1, -0.05) is 12.2 Å². The van der Waals surface area contributed by atoms with Crippen molar-refractivity contribution >= 4 is 17.5 Å². The number of rotatable bonds is 4. The minimum Gasteiger partial charge on any atom is -0.390 e. The lowest BCUT2D eigenvalue weighted by Gasteiger charge is -2.60. The van der Waals surface area contributed by atoms with Gasteiger partial charge >= 0.3 is 0 Å². The second-order valence-electron chi connectivity index (χ2n) is 6.43. The van der Waals surface area contributed by atoms with E-state index in [4.69, 9.17) is 16.3 Å². The summed E-state index contributed by atoms with van der Waals surface area (Å²) in [5.41, 5.74) is -2.05. The molecule has 3 rings (SSSR count). The summed E-state index contributed by atoms with van der Waals surface area (Å²) in [7, 11) is 0. The number of allylic oxidation sites excluding steroid dienone is 1. The highest BCUT2D eigenvalue weighted by molar-refractivity contribution is 6.18. The van der Waals surface area contributed by atoms with Gasteiger partial charge in [-0.15, -0.1) is 11.6 Å². The SMILES string of the molecule is C[C@@]12OC(O)[C@]1([C@H](O)[C@@H]1C=CCCC1)NC(=O)[C@@H]2CCCl. The lowest BCUT2D eigenvalue weighted by atomic mass is 9.64. The number of aliphatic hydroxyl groups excluding tert-OH is 2. The van der Waals surface area contributed by atoms with Crippen LogP contribution in [0, 0.1) is 11.8 Å². The molecule has 118 valence electrons. The van der Waals surface area contributed by atoms with Crippen molar-refractivity contribution < 1.29 is 19.7 Å². The van der Waals surface area contributed by atoms with Crippen LogP contribution in [-0.4, -0.2) is 45.5 Å². The van der Waals surface area contributed by atoms with Gasteiger partial charge < -0.3 is 20.3 Å². The van der Waals surface area contributed by atoms with Crippen LogP contribution in [0.15, 0.2) is 12.2 Å². The third-order valence-electron chi connectivity index (χ3n) is 5.44. The number of hydrogen-bond donors (Lipinski definition) is 3. The fourth-order valence-electron chi connectivity index (χ4n) is 4.18. The second kappa shape index (κ2) is 5.23. The van der Waals surface area contributed by atoms with Crippen molar-refractivity contribution in [1.29, 1.82) is 0 Å². The highest BCUT2D eigenvalue weighted by atomic mass is 35.5. The molecule has 1 aliphatic carbocycles. The van der Waals surface area contributed by atoms with Crippen LogP contribution in [0.3, 0.4) is 0 Å². The number of halogens is 1. The summed E-state index contributed by atoms with van der Waals surface area (Å²) in [6.45, 7) is 1.78. The highest BCUT2D eigenvalue weighted by Crippen LogP contribution is 2.55. The fraction of sp³-hybridized carbons (Fsp3) is 0.800. The first-order chi connectivity index (χ1) is 9.97. The van der Waals surface area contributed by atoms with Crippen molar-refractivity contribution in [3.05, 3.63) is 12.2 Å². The highest BCUT2D eigenvalue weighted by Gasteiger charge is 2.77. The van der Waals surface area contributed by atoms with Crippen molar-refractivity contribution in [2.75, 3.05) is 5.88 Å². The van der Waals surface area contributed by atoms with Crippen molar-refractivity contribution in [2.45, 2.75) is 56.1 Å². The Kier molecular flexibility index (Phi) is 3.81. The number of aliphatic hydroxyl groups is 2. The zero-order chi connectivity index (χ0) is 15.3. The third kappa shape index (κ3) is 1.91. The smallest absolute Gasteiger partial charge is 0.226 e. The minimum absolute atomic E-state index is 0.0772. The lowest BCUT2D eigenvalue weighted by Crippen LogP contribution is -2.81.